The number of nitrogens with zero attached hydrogens (tertiary/aromatic N) is 1. The fourth-order valence-corrected chi connectivity index (χ4v) is 2.97. The van der Waals surface area contributed by atoms with Crippen LogP contribution in [0.25, 0.3) is 11.3 Å². The van der Waals surface area contributed by atoms with E-state index >= 15 is 0 Å². The van der Waals surface area contributed by atoms with Crippen molar-refractivity contribution in [2.24, 2.45) is 0 Å². The first-order chi connectivity index (χ1) is 12.0. The third-order valence-corrected chi connectivity index (χ3v) is 4.61. The number of rotatable bonds is 5. The summed E-state index contributed by atoms with van der Waals surface area (Å²) in [6.45, 7) is 1.74. The highest BCUT2D eigenvalue weighted by Crippen LogP contribution is 2.24. The number of carbonyl (C=O) groups is 3. The van der Waals surface area contributed by atoms with Gasteiger partial charge in [0.2, 0.25) is 17.7 Å². The molecule has 1 aliphatic rings. The summed E-state index contributed by atoms with van der Waals surface area (Å²) in [5.74, 6) is 0.309. The molecule has 3 rings (SSSR count). The third kappa shape index (κ3) is 3.82. The van der Waals surface area contributed by atoms with Crippen molar-refractivity contribution in [1.29, 1.82) is 0 Å². The van der Waals surface area contributed by atoms with Gasteiger partial charge < -0.3 is 9.73 Å². The van der Waals surface area contributed by atoms with Gasteiger partial charge in [-0.1, -0.05) is 28.1 Å². The molecule has 1 aromatic carbocycles. The minimum absolute atomic E-state index is 0.172. The molecule has 1 atom stereocenters. The molecule has 25 heavy (non-hydrogen) atoms. The van der Waals surface area contributed by atoms with E-state index in [0.29, 0.717) is 11.5 Å². The predicted octanol–water partition coefficient (Wildman–Crippen LogP) is 2.86. The lowest BCUT2D eigenvalue weighted by Gasteiger charge is -2.21. The summed E-state index contributed by atoms with van der Waals surface area (Å²) in [5.41, 5.74) is 0.933. The van der Waals surface area contributed by atoms with Gasteiger partial charge in [0.05, 0.1) is 6.54 Å². The van der Waals surface area contributed by atoms with Crippen molar-refractivity contribution in [1.82, 2.24) is 10.2 Å². The van der Waals surface area contributed by atoms with E-state index in [9.17, 15) is 14.4 Å². The predicted molar refractivity (Wildman–Crippen MR) is 94.2 cm³/mol. The Balaban J connectivity index is 1.60. The van der Waals surface area contributed by atoms with Crippen LogP contribution in [0.5, 0.6) is 0 Å². The zero-order valence-electron chi connectivity index (χ0n) is 13.6. The standard InChI is InChI=1S/C18H17BrN2O4/c1-11(21-16(22)8-9-17(21)23)18(24)20-10-14-6-7-15(25-14)12-2-4-13(19)5-3-12/h2-7,11H,8-10H2,1H3,(H,20,24)/t11-/m1/s1. The van der Waals surface area contributed by atoms with Gasteiger partial charge in [0.25, 0.3) is 0 Å². The van der Waals surface area contributed by atoms with E-state index in [4.69, 9.17) is 4.42 Å². The Hall–Kier alpha value is -2.41. The number of hydrogen-bond donors (Lipinski definition) is 1. The molecule has 1 saturated heterocycles. The van der Waals surface area contributed by atoms with Gasteiger partial charge in [0.15, 0.2) is 0 Å². The molecule has 1 aliphatic heterocycles. The molecule has 2 aromatic rings. The van der Waals surface area contributed by atoms with E-state index in [1.165, 1.54) is 0 Å². The van der Waals surface area contributed by atoms with Crippen molar-refractivity contribution in [3.8, 4) is 11.3 Å². The van der Waals surface area contributed by atoms with Crippen LogP contribution in [-0.2, 0) is 20.9 Å². The quantitative estimate of drug-likeness (QED) is 0.776. The minimum Gasteiger partial charge on any atom is -0.459 e. The van der Waals surface area contributed by atoms with Crippen molar-refractivity contribution in [3.05, 3.63) is 46.6 Å². The Morgan fingerprint density at radius 3 is 2.44 bits per heavy atom. The molecule has 1 fully saturated rings. The molecule has 0 bridgehead atoms. The van der Waals surface area contributed by atoms with Gasteiger partial charge in [-0.25, -0.2) is 0 Å². The number of likely N-dealkylation sites (tertiary alicyclic amines) is 1. The second-order valence-corrected chi connectivity index (χ2v) is 6.74. The molecule has 130 valence electrons. The first-order valence-corrected chi connectivity index (χ1v) is 8.72. The Labute approximate surface area is 153 Å². The highest BCUT2D eigenvalue weighted by Gasteiger charge is 2.35. The average molecular weight is 405 g/mol. The summed E-state index contributed by atoms with van der Waals surface area (Å²) in [4.78, 5) is 36.6. The Kier molecular flexibility index (Phi) is 5.03. The maximum Gasteiger partial charge on any atom is 0.243 e. The van der Waals surface area contributed by atoms with E-state index < -0.39 is 6.04 Å². The van der Waals surface area contributed by atoms with Crippen LogP contribution in [0.4, 0.5) is 0 Å². The van der Waals surface area contributed by atoms with Crippen LogP contribution < -0.4 is 5.32 Å². The van der Waals surface area contributed by atoms with Gasteiger partial charge >= 0.3 is 0 Å². The lowest BCUT2D eigenvalue weighted by molar-refractivity contribution is -0.146. The van der Waals surface area contributed by atoms with Crippen molar-refractivity contribution in [2.45, 2.75) is 32.4 Å². The zero-order chi connectivity index (χ0) is 18.0. The summed E-state index contributed by atoms with van der Waals surface area (Å²) < 4.78 is 6.71. The molecule has 3 amide bonds. The van der Waals surface area contributed by atoms with Gasteiger partial charge in [-0.15, -0.1) is 0 Å². The van der Waals surface area contributed by atoms with Crippen molar-refractivity contribution in [3.63, 3.8) is 0 Å². The van der Waals surface area contributed by atoms with Crippen LogP contribution in [0.2, 0.25) is 0 Å². The summed E-state index contributed by atoms with van der Waals surface area (Å²) in [6, 6.07) is 10.5. The number of benzene rings is 1. The van der Waals surface area contributed by atoms with Crippen molar-refractivity contribution < 1.29 is 18.8 Å². The van der Waals surface area contributed by atoms with E-state index in [1.54, 1.807) is 13.0 Å². The molecule has 0 saturated carbocycles. The number of nitrogens with one attached hydrogen (secondary N) is 1. The zero-order valence-corrected chi connectivity index (χ0v) is 15.2. The Morgan fingerprint density at radius 2 is 1.80 bits per heavy atom. The van der Waals surface area contributed by atoms with Gasteiger partial charge in [-0.05, 0) is 31.2 Å². The smallest absolute Gasteiger partial charge is 0.243 e. The summed E-state index contributed by atoms with van der Waals surface area (Å²) in [6.07, 6.45) is 0.344. The molecule has 0 aliphatic carbocycles. The van der Waals surface area contributed by atoms with E-state index in [1.807, 2.05) is 30.3 Å². The topological polar surface area (TPSA) is 79.6 Å². The SMILES string of the molecule is C[C@H](C(=O)NCc1ccc(-c2ccc(Br)cc2)o1)N1C(=O)CCC1=O. The third-order valence-electron chi connectivity index (χ3n) is 4.08. The highest BCUT2D eigenvalue weighted by molar-refractivity contribution is 9.10. The summed E-state index contributed by atoms with van der Waals surface area (Å²) >= 11 is 3.38. The Bertz CT molecular complexity index is 797. The molecule has 0 unspecified atom stereocenters. The van der Waals surface area contributed by atoms with E-state index in [0.717, 1.165) is 14.9 Å². The van der Waals surface area contributed by atoms with Crippen molar-refractivity contribution in [2.75, 3.05) is 0 Å². The summed E-state index contributed by atoms with van der Waals surface area (Å²) in [7, 11) is 0. The number of hydrogen-bond acceptors (Lipinski definition) is 4. The number of carbonyl (C=O) groups excluding carboxylic acids is 3. The molecule has 0 spiro atoms. The van der Waals surface area contributed by atoms with Crippen LogP contribution in [0.1, 0.15) is 25.5 Å². The second kappa shape index (κ2) is 7.23. The molecule has 1 aromatic heterocycles. The molecule has 6 nitrogen and oxygen atoms in total. The molecular formula is C18H17BrN2O4. The lowest BCUT2D eigenvalue weighted by Crippen LogP contribution is -2.47. The van der Waals surface area contributed by atoms with Gasteiger partial charge in [0, 0.05) is 22.9 Å². The summed E-state index contributed by atoms with van der Waals surface area (Å²) in [5, 5.41) is 2.70. The van der Waals surface area contributed by atoms with Crippen LogP contribution in [0.3, 0.4) is 0 Å². The van der Waals surface area contributed by atoms with Crippen LogP contribution >= 0.6 is 15.9 Å². The van der Waals surface area contributed by atoms with Crippen LogP contribution in [0.15, 0.2) is 45.3 Å². The first-order valence-electron chi connectivity index (χ1n) is 7.93. The fourth-order valence-electron chi connectivity index (χ4n) is 2.71. The molecule has 2 heterocycles. The first kappa shape index (κ1) is 17.4. The van der Waals surface area contributed by atoms with Crippen molar-refractivity contribution >= 4 is 33.7 Å². The van der Waals surface area contributed by atoms with Crippen LogP contribution in [-0.4, -0.2) is 28.7 Å². The molecule has 1 N–H and O–H groups in total. The minimum atomic E-state index is -0.816. The highest BCUT2D eigenvalue weighted by atomic mass is 79.9. The molecular weight excluding hydrogens is 388 g/mol. The number of furan rings is 1. The normalized spacial score (nSPS) is 15.5. The fraction of sp³-hybridized carbons (Fsp3) is 0.278. The Morgan fingerprint density at radius 1 is 1.16 bits per heavy atom. The number of imide groups is 1. The average Bonchev–Trinajstić information content (AvgIpc) is 3.19. The second-order valence-electron chi connectivity index (χ2n) is 5.82. The van der Waals surface area contributed by atoms with Gasteiger partial charge in [0.1, 0.15) is 17.6 Å². The van der Waals surface area contributed by atoms with Gasteiger partial charge in [-0.2, -0.15) is 0 Å². The van der Waals surface area contributed by atoms with E-state index in [2.05, 4.69) is 21.2 Å². The molecule has 7 heteroatoms. The lowest BCUT2D eigenvalue weighted by atomic mass is 10.2. The maximum absolute atomic E-state index is 12.2. The monoisotopic (exact) mass is 404 g/mol. The maximum atomic E-state index is 12.2. The van der Waals surface area contributed by atoms with Crippen LogP contribution in [0, 0.1) is 0 Å². The number of amides is 3. The molecule has 0 radical (unpaired) electrons. The van der Waals surface area contributed by atoms with Gasteiger partial charge in [-0.3, -0.25) is 19.3 Å². The number of halogens is 1. The largest absolute Gasteiger partial charge is 0.459 e. The van der Waals surface area contributed by atoms with E-state index in [-0.39, 0.29) is 37.1 Å².